The molecule has 0 rings (SSSR count). The third kappa shape index (κ3) is 37.8. The molecule has 0 N–H and O–H groups in total. The molecule has 0 unspecified atom stereocenters. The van der Waals surface area contributed by atoms with E-state index < -0.39 is 0 Å². The van der Waals surface area contributed by atoms with Crippen LogP contribution >= 0.6 is 0 Å². The summed E-state index contributed by atoms with van der Waals surface area (Å²) in [4.78, 5) is 0. The van der Waals surface area contributed by atoms with Crippen molar-refractivity contribution in [1.82, 2.24) is 0 Å². The molecule has 39 heavy (non-hydrogen) atoms. The highest BCUT2D eigenvalue weighted by atomic mass is 16.6. The minimum Gasteiger partial charge on any atom is -0.379 e. The molecular weight excluding hydrogens is 488 g/mol. The molecule has 0 fully saturated rings. The van der Waals surface area contributed by atoms with Crippen LogP contribution in [-0.4, -0.2) is 66.1 Å². The van der Waals surface area contributed by atoms with Crippen LogP contribution in [0.15, 0.2) is 0 Å². The van der Waals surface area contributed by atoms with Crippen LogP contribution in [0, 0.1) is 0 Å². The lowest BCUT2D eigenvalue weighted by Gasteiger charge is -2.08. The second-order valence-electron chi connectivity index (χ2n) is 11.1. The third-order valence-electron chi connectivity index (χ3n) is 7.27. The van der Waals surface area contributed by atoms with Gasteiger partial charge in [0, 0.05) is 13.2 Å². The Balaban J connectivity index is 3.01. The van der Waals surface area contributed by atoms with Gasteiger partial charge in [-0.1, -0.05) is 142 Å². The first-order valence-corrected chi connectivity index (χ1v) is 17.3. The molecule has 0 aromatic rings. The van der Waals surface area contributed by atoms with Gasteiger partial charge in [0.1, 0.15) is 0 Å². The average Bonchev–Trinajstić information content (AvgIpc) is 2.95. The van der Waals surface area contributed by atoms with E-state index in [1.807, 2.05) is 0 Å². The smallest absolute Gasteiger partial charge is 0.0701 e. The fourth-order valence-electron chi connectivity index (χ4n) is 4.72. The van der Waals surface area contributed by atoms with Gasteiger partial charge in [-0.25, -0.2) is 0 Å². The SMILES string of the molecule is CCCCCCCCCCCCCCCCCCOCCOCCOCCOCCOCCCCCCCC. The van der Waals surface area contributed by atoms with Gasteiger partial charge in [0.05, 0.1) is 52.9 Å². The fourth-order valence-corrected chi connectivity index (χ4v) is 4.72. The van der Waals surface area contributed by atoms with Crippen LogP contribution in [0.4, 0.5) is 0 Å². The molecule has 0 heterocycles. The van der Waals surface area contributed by atoms with Crippen molar-refractivity contribution in [1.29, 1.82) is 0 Å². The Bertz CT molecular complexity index is 371. The molecule has 0 atom stereocenters. The first-order valence-electron chi connectivity index (χ1n) is 17.3. The van der Waals surface area contributed by atoms with Crippen LogP contribution in [0.5, 0.6) is 0 Å². The molecular formula is C34H70O5. The highest BCUT2D eigenvalue weighted by Gasteiger charge is 1.97. The summed E-state index contributed by atoms with van der Waals surface area (Å²) in [6.45, 7) is 11.4. The van der Waals surface area contributed by atoms with Crippen LogP contribution in [0.1, 0.15) is 155 Å². The van der Waals surface area contributed by atoms with Gasteiger partial charge in [0.15, 0.2) is 0 Å². The molecule has 0 amide bonds. The molecule has 236 valence electrons. The van der Waals surface area contributed by atoms with E-state index in [2.05, 4.69) is 13.8 Å². The maximum atomic E-state index is 5.68. The maximum absolute atomic E-state index is 5.68. The monoisotopic (exact) mass is 559 g/mol. The van der Waals surface area contributed by atoms with Crippen LogP contribution < -0.4 is 0 Å². The Morgan fingerprint density at radius 2 is 0.385 bits per heavy atom. The minimum atomic E-state index is 0.608. The van der Waals surface area contributed by atoms with E-state index in [1.54, 1.807) is 0 Å². The van der Waals surface area contributed by atoms with Gasteiger partial charge >= 0.3 is 0 Å². The minimum absolute atomic E-state index is 0.608. The Hall–Kier alpha value is -0.200. The third-order valence-corrected chi connectivity index (χ3v) is 7.27. The highest BCUT2D eigenvalue weighted by molar-refractivity contribution is 4.50. The van der Waals surface area contributed by atoms with Gasteiger partial charge in [0.25, 0.3) is 0 Å². The molecule has 5 nitrogen and oxygen atoms in total. The second kappa shape index (κ2) is 37.8. The lowest BCUT2D eigenvalue weighted by Crippen LogP contribution is -2.13. The van der Waals surface area contributed by atoms with E-state index in [-0.39, 0.29) is 0 Å². The quantitative estimate of drug-likeness (QED) is 0.0716. The van der Waals surface area contributed by atoms with Crippen molar-refractivity contribution in [3.05, 3.63) is 0 Å². The zero-order valence-electron chi connectivity index (χ0n) is 26.7. The van der Waals surface area contributed by atoms with Crippen molar-refractivity contribution in [2.24, 2.45) is 0 Å². The molecule has 5 heteroatoms. The van der Waals surface area contributed by atoms with E-state index in [1.165, 1.54) is 135 Å². The Kier molecular flexibility index (Phi) is 37.6. The van der Waals surface area contributed by atoms with Gasteiger partial charge in [-0.3, -0.25) is 0 Å². The van der Waals surface area contributed by atoms with Crippen molar-refractivity contribution in [2.75, 3.05) is 66.1 Å². The Morgan fingerprint density at radius 1 is 0.205 bits per heavy atom. The van der Waals surface area contributed by atoms with Gasteiger partial charge in [-0.15, -0.1) is 0 Å². The summed E-state index contributed by atoms with van der Waals surface area (Å²) in [7, 11) is 0. The predicted molar refractivity (Wildman–Crippen MR) is 167 cm³/mol. The van der Waals surface area contributed by atoms with E-state index in [0.717, 1.165) is 19.6 Å². The van der Waals surface area contributed by atoms with Crippen LogP contribution in [0.25, 0.3) is 0 Å². The number of hydrogen-bond donors (Lipinski definition) is 0. The lowest BCUT2D eigenvalue weighted by molar-refractivity contribution is -0.0114. The van der Waals surface area contributed by atoms with Gasteiger partial charge < -0.3 is 23.7 Å². The molecule has 0 aliphatic heterocycles. The van der Waals surface area contributed by atoms with Crippen LogP contribution in [0.2, 0.25) is 0 Å². The number of unbranched alkanes of at least 4 members (excludes halogenated alkanes) is 20. The van der Waals surface area contributed by atoms with Crippen LogP contribution in [-0.2, 0) is 23.7 Å². The second-order valence-corrected chi connectivity index (χ2v) is 11.1. The van der Waals surface area contributed by atoms with E-state index in [9.17, 15) is 0 Å². The van der Waals surface area contributed by atoms with Crippen molar-refractivity contribution in [3.63, 3.8) is 0 Å². The van der Waals surface area contributed by atoms with Gasteiger partial charge in [-0.2, -0.15) is 0 Å². The fraction of sp³-hybridized carbons (Fsp3) is 1.00. The molecule has 0 bridgehead atoms. The van der Waals surface area contributed by atoms with E-state index in [0.29, 0.717) is 52.9 Å². The number of hydrogen-bond acceptors (Lipinski definition) is 5. The summed E-state index contributed by atoms with van der Waals surface area (Å²) < 4.78 is 27.9. The molecule has 0 spiro atoms. The highest BCUT2D eigenvalue weighted by Crippen LogP contribution is 2.13. The molecule has 0 saturated heterocycles. The summed E-state index contributed by atoms with van der Waals surface area (Å²) >= 11 is 0. The maximum Gasteiger partial charge on any atom is 0.0701 e. The van der Waals surface area contributed by atoms with Crippen molar-refractivity contribution >= 4 is 0 Å². The van der Waals surface area contributed by atoms with Gasteiger partial charge in [0.2, 0.25) is 0 Å². The summed E-state index contributed by atoms with van der Waals surface area (Å²) in [5.41, 5.74) is 0. The topological polar surface area (TPSA) is 46.2 Å². The number of rotatable bonds is 36. The summed E-state index contributed by atoms with van der Waals surface area (Å²) in [6, 6.07) is 0. The molecule has 0 aliphatic carbocycles. The molecule has 0 saturated carbocycles. The summed E-state index contributed by atoms with van der Waals surface area (Å²) in [5.74, 6) is 0. The molecule has 0 aromatic heterocycles. The van der Waals surface area contributed by atoms with E-state index >= 15 is 0 Å². The molecule has 0 aliphatic rings. The predicted octanol–water partition coefficient (Wildman–Crippen LogP) is 9.69. The average molecular weight is 559 g/mol. The van der Waals surface area contributed by atoms with Gasteiger partial charge in [-0.05, 0) is 12.8 Å². The first kappa shape index (κ1) is 38.8. The Morgan fingerprint density at radius 3 is 0.615 bits per heavy atom. The van der Waals surface area contributed by atoms with Crippen LogP contribution in [0.3, 0.4) is 0 Å². The van der Waals surface area contributed by atoms with E-state index in [4.69, 9.17) is 23.7 Å². The van der Waals surface area contributed by atoms with Crippen molar-refractivity contribution < 1.29 is 23.7 Å². The lowest BCUT2D eigenvalue weighted by atomic mass is 10.0. The summed E-state index contributed by atoms with van der Waals surface area (Å²) in [5, 5.41) is 0. The summed E-state index contributed by atoms with van der Waals surface area (Å²) in [6.07, 6.45) is 30.2. The zero-order valence-corrected chi connectivity index (χ0v) is 26.7. The van der Waals surface area contributed by atoms with Crippen molar-refractivity contribution in [2.45, 2.75) is 155 Å². The Labute approximate surface area is 244 Å². The largest absolute Gasteiger partial charge is 0.379 e. The zero-order chi connectivity index (χ0) is 28.2. The standard InChI is InChI=1S/C34H70O5/c1-3-5-7-9-11-12-13-14-15-16-17-18-19-20-22-24-26-36-28-30-38-32-34-39-33-31-37-29-27-35-25-23-21-10-8-6-4-2/h3-34H2,1-2H3. The molecule has 0 radical (unpaired) electrons. The normalized spacial score (nSPS) is 11.5. The first-order chi connectivity index (χ1) is 19.4. The van der Waals surface area contributed by atoms with Crippen molar-refractivity contribution in [3.8, 4) is 0 Å². The number of ether oxygens (including phenoxy) is 5. The molecule has 0 aromatic carbocycles.